The Labute approximate surface area is 175 Å². The molecule has 0 spiro atoms. The first-order valence-corrected chi connectivity index (χ1v) is 11.9. The van der Waals surface area contributed by atoms with Crippen molar-refractivity contribution in [3.63, 3.8) is 0 Å². The third kappa shape index (κ3) is 5.23. The van der Waals surface area contributed by atoms with Crippen molar-refractivity contribution < 1.29 is 18.0 Å². The van der Waals surface area contributed by atoms with Crippen LogP contribution in [0.15, 0.2) is 46.0 Å². The third-order valence-corrected chi connectivity index (χ3v) is 8.32. The predicted octanol–water partition coefficient (Wildman–Crippen LogP) is 2.74. The maximum Gasteiger partial charge on any atom is 0.313 e. The van der Waals surface area contributed by atoms with Gasteiger partial charge in [0.05, 0.1) is 0 Å². The van der Waals surface area contributed by atoms with Crippen LogP contribution in [0.2, 0.25) is 0 Å². The van der Waals surface area contributed by atoms with Crippen LogP contribution in [0.4, 0.5) is 5.69 Å². The van der Waals surface area contributed by atoms with E-state index in [4.69, 9.17) is 0 Å². The number of thiophene rings is 1. The second-order valence-corrected chi connectivity index (χ2v) is 10.1. The number of benzene rings is 1. The van der Waals surface area contributed by atoms with Crippen molar-refractivity contribution in [1.29, 1.82) is 0 Å². The molecule has 0 unspecified atom stereocenters. The third-order valence-electron chi connectivity index (χ3n) is 4.99. The summed E-state index contributed by atoms with van der Waals surface area (Å²) in [6.07, 6.45) is 2.99. The molecule has 7 nitrogen and oxygen atoms in total. The molecule has 0 aliphatic carbocycles. The summed E-state index contributed by atoms with van der Waals surface area (Å²) in [6, 6.07) is 10.4. The Morgan fingerprint density at radius 1 is 1.14 bits per heavy atom. The highest BCUT2D eigenvalue weighted by molar-refractivity contribution is 7.91. The molecule has 2 heterocycles. The quantitative estimate of drug-likeness (QED) is 0.682. The van der Waals surface area contributed by atoms with Gasteiger partial charge >= 0.3 is 11.8 Å². The molecule has 9 heteroatoms. The zero-order chi connectivity index (χ0) is 20.9. The first-order valence-electron chi connectivity index (χ1n) is 9.60. The van der Waals surface area contributed by atoms with E-state index in [-0.39, 0.29) is 12.6 Å². The van der Waals surface area contributed by atoms with Gasteiger partial charge in [-0.2, -0.15) is 4.31 Å². The number of sulfonamides is 1. The van der Waals surface area contributed by atoms with Gasteiger partial charge < -0.3 is 10.6 Å². The zero-order valence-electron chi connectivity index (χ0n) is 16.3. The molecule has 0 saturated carbocycles. The largest absolute Gasteiger partial charge is 0.348 e. The fourth-order valence-electron chi connectivity index (χ4n) is 3.43. The highest BCUT2D eigenvalue weighted by Gasteiger charge is 2.33. The summed E-state index contributed by atoms with van der Waals surface area (Å²) in [4.78, 5) is 24.2. The zero-order valence-corrected chi connectivity index (χ0v) is 17.9. The van der Waals surface area contributed by atoms with Crippen molar-refractivity contribution in [2.45, 2.75) is 42.9 Å². The Kier molecular flexibility index (Phi) is 7.05. The normalized spacial score (nSPS) is 17.6. The molecule has 1 aliphatic rings. The van der Waals surface area contributed by atoms with Crippen molar-refractivity contribution in [3.05, 3.63) is 47.3 Å². The Morgan fingerprint density at radius 2 is 1.93 bits per heavy atom. The fraction of sp³-hybridized carbons (Fsp3) is 0.400. The average molecular weight is 436 g/mol. The van der Waals surface area contributed by atoms with Gasteiger partial charge in [0.2, 0.25) is 0 Å². The minimum Gasteiger partial charge on any atom is -0.348 e. The van der Waals surface area contributed by atoms with Crippen LogP contribution in [0.25, 0.3) is 0 Å². The van der Waals surface area contributed by atoms with Crippen LogP contribution in [0.1, 0.15) is 31.2 Å². The van der Waals surface area contributed by atoms with E-state index in [2.05, 4.69) is 10.6 Å². The Bertz CT molecular complexity index is 958. The van der Waals surface area contributed by atoms with E-state index in [9.17, 15) is 18.0 Å². The lowest BCUT2D eigenvalue weighted by molar-refractivity contribution is -0.136. The number of piperidine rings is 1. The molecular weight excluding hydrogens is 410 g/mol. The van der Waals surface area contributed by atoms with Gasteiger partial charge in [0.1, 0.15) is 4.21 Å². The van der Waals surface area contributed by atoms with Gasteiger partial charge in [-0.3, -0.25) is 9.59 Å². The van der Waals surface area contributed by atoms with Crippen LogP contribution >= 0.6 is 11.3 Å². The van der Waals surface area contributed by atoms with E-state index >= 15 is 0 Å². The summed E-state index contributed by atoms with van der Waals surface area (Å²) in [5.41, 5.74) is 1.46. The van der Waals surface area contributed by atoms with E-state index < -0.39 is 21.8 Å². The highest BCUT2D eigenvalue weighted by Crippen LogP contribution is 2.29. The Balaban J connectivity index is 1.55. The number of hydrogen-bond donors (Lipinski definition) is 2. The maximum absolute atomic E-state index is 12.9. The lowest BCUT2D eigenvalue weighted by Gasteiger charge is -2.34. The molecule has 2 amide bonds. The molecule has 0 bridgehead atoms. The number of aryl methyl sites for hydroxylation is 1. The van der Waals surface area contributed by atoms with Gasteiger partial charge in [0, 0.05) is 24.8 Å². The molecule has 1 fully saturated rings. The number of nitrogens with zero attached hydrogens (tertiary/aromatic N) is 1. The number of anilines is 1. The average Bonchev–Trinajstić information content (AvgIpc) is 3.25. The van der Waals surface area contributed by atoms with Gasteiger partial charge in [-0.15, -0.1) is 11.3 Å². The van der Waals surface area contributed by atoms with Crippen LogP contribution in [-0.2, 0) is 19.6 Å². The summed E-state index contributed by atoms with van der Waals surface area (Å²) >= 11 is 1.21. The summed E-state index contributed by atoms with van der Waals surface area (Å²) in [7, 11) is -3.52. The van der Waals surface area contributed by atoms with Gasteiger partial charge in [-0.25, -0.2) is 8.42 Å². The van der Waals surface area contributed by atoms with Crippen molar-refractivity contribution in [2.24, 2.45) is 0 Å². The minimum atomic E-state index is -3.52. The lowest BCUT2D eigenvalue weighted by Crippen LogP contribution is -2.45. The number of rotatable bonds is 6. The molecule has 29 heavy (non-hydrogen) atoms. The monoisotopic (exact) mass is 435 g/mol. The smallest absolute Gasteiger partial charge is 0.313 e. The molecule has 156 valence electrons. The van der Waals surface area contributed by atoms with Gasteiger partial charge in [-0.1, -0.05) is 30.7 Å². The van der Waals surface area contributed by atoms with Gasteiger partial charge in [0.15, 0.2) is 0 Å². The molecule has 3 rings (SSSR count). The molecule has 1 aliphatic heterocycles. The second kappa shape index (κ2) is 9.51. The van der Waals surface area contributed by atoms with E-state index in [1.165, 1.54) is 11.3 Å². The molecular formula is C20H25N3O4S2. The molecule has 2 N–H and O–H groups in total. The number of para-hydroxylation sites is 1. The van der Waals surface area contributed by atoms with Crippen molar-refractivity contribution in [2.75, 3.05) is 18.4 Å². The standard InChI is InChI=1S/C20H25N3O4S2/c1-15-7-2-3-9-17(15)22-20(25)19(24)21-12-11-16-8-4-5-13-23(16)29(26,27)18-10-6-14-28-18/h2-3,6-7,9-10,14,16H,4-5,8,11-13H2,1H3,(H,21,24)(H,22,25)/t16-/m1/s1. The Morgan fingerprint density at radius 3 is 2.66 bits per heavy atom. The topological polar surface area (TPSA) is 95.6 Å². The summed E-state index contributed by atoms with van der Waals surface area (Å²) in [5.74, 6) is -1.46. The lowest BCUT2D eigenvalue weighted by atomic mass is 10.0. The summed E-state index contributed by atoms with van der Waals surface area (Å²) in [6.45, 7) is 2.56. The summed E-state index contributed by atoms with van der Waals surface area (Å²) in [5, 5.41) is 6.95. The van der Waals surface area contributed by atoms with E-state index in [1.807, 2.05) is 19.1 Å². The molecule has 1 atom stereocenters. The van der Waals surface area contributed by atoms with E-state index in [1.54, 1.807) is 34.0 Å². The van der Waals surface area contributed by atoms with Crippen LogP contribution in [-0.4, -0.2) is 43.7 Å². The highest BCUT2D eigenvalue weighted by atomic mass is 32.2. The molecule has 2 aromatic rings. The predicted molar refractivity (Wildman–Crippen MR) is 113 cm³/mol. The van der Waals surface area contributed by atoms with Crippen LogP contribution in [0, 0.1) is 6.92 Å². The minimum absolute atomic E-state index is 0.185. The second-order valence-electron chi connectivity index (χ2n) is 7.01. The fourth-order valence-corrected chi connectivity index (χ4v) is 6.27. The maximum atomic E-state index is 12.9. The number of nitrogens with one attached hydrogen (secondary N) is 2. The first-order chi connectivity index (χ1) is 13.9. The molecule has 0 radical (unpaired) electrons. The number of hydrogen-bond acceptors (Lipinski definition) is 5. The van der Waals surface area contributed by atoms with Crippen molar-refractivity contribution >= 4 is 38.9 Å². The number of carbonyl (C=O) groups is 2. The molecule has 1 aromatic carbocycles. The number of carbonyl (C=O) groups excluding carboxylic acids is 2. The number of amides is 2. The van der Waals surface area contributed by atoms with Gasteiger partial charge in [-0.05, 0) is 49.3 Å². The SMILES string of the molecule is Cc1ccccc1NC(=O)C(=O)NCC[C@H]1CCCCN1S(=O)(=O)c1cccs1. The first kappa shape index (κ1) is 21.5. The van der Waals surface area contributed by atoms with Crippen LogP contribution in [0.5, 0.6) is 0 Å². The van der Waals surface area contributed by atoms with E-state index in [0.29, 0.717) is 22.9 Å². The van der Waals surface area contributed by atoms with Crippen LogP contribution < -0.4 is 10.6 Å². The van der Waals surface area contributed by atoms with Crippen molar-refractivity contribution in [3.8, 4) is 0 Å². The molecule has 1 saturated heterocycles. The van der Waals surface area contributed by atoms with E-state index in [0.717, 1.165) is 24.8 Å². The molecule has 1 aromatic heterocycles. The Hall–Kier alpha value is -2.23. The summed E-state index contributed by atoms with van der Waals surface area (Å²) < 4.78 is 27.7. The van der Waals surface area contributed by atoms with Gasteiger partial charge in [0.25, 0.3) is 10.0 Å². The van der Waals surface area contributed by atoms with Crippen LogP contribution in [0.3, 0.4) is 0 Å². The van der Waals surface area contributed by atoms with Crippen molar-refractivity contribution in [1.82, 2.24) is 9.62 Å².